The van der Waals surface area contributed by atoms with Crippen molar-refractivity contribution in [3.8, 4) is 11.5 Å². The van der Waals surface area contributed by atoms with Gasteiger partial charge >= 0.3 is 5.97 Å². The van der Waals surface area contributed by atoms with E-state index in [0.717, 1.165) is 11.1 Å². The molecule has 0 saturated carbocycles. The van der Waals surface area contributed by atoms with Crippen LogP contribution in [0.3, 0.4) is 0 Å². The van der Waals surface area contributed by atoms with E-state index in [1.165, 1.54) is 0 Å². The average Bonchev–Trinajstić information content (AvgIpc) is 3.13. The minimum atomic E-state index is -0.578. The first-order valence-electron chi connectivity index (χ1n) is 9.88. The molecule has 33 heavy (non-hydrogen) atoms. The Morgan fingerprint density at radius 3 is 2.64 bits per heavy atom. The van der Waals surface area contributed by atoms with Crippen molar-refractivity contribution in [3.63, 3.8) is 0 Å². The average molecular weight is 547 g/mol. The summed E-state index contributed by atoms with van der Waals surface area (Å²) in [6, 6.07) is 16.5. The minimum absolute atomic E-state index is 0.122. The van der Waals surface area contributed by atoms with Gasteiger partial charge in [-0.25, -0.2) is 9.79 Å². The summed E-state index contributed by atoms with van der Waals surface area (Å²) in [5.74, 6) is 0.623. The Morgan fingerprint density at radius 1 is 1.12 bits per heavy atom. The quantitative estimate of drug-likeness (QED) is 0.247. The zero-order valence-corrected chi connectivity index (χ0v) is 20.8. The molecule has 0 unspecified atom stereocenters. The van der Waals surface area contributed by atoms with E-state index in [0.29, 0.717) is 43.8 Å². The molecule has 4 rings (SSSR count). The summed E-state index contributed by atoms with van der Waals surface area (Å²) in [5, 5.41) is 0.820. The van der Waals surface area contributed by atoms with Gasteiger partial charge in [0, 0.05) is 5.02 Å². The van der Waals surface area contributed by atoms with Crippen molar-refractivity contribution in [3.05, 3.63) is 97.1 Å². The maximum Gasteiger partial charge on any atom is 0.363 e. The minimum Gasteiger partial charge on any atom is -0.493 e. The molecule has 0 fully saturated rings. The Hall–Kier alpha value is -2.80. The molecule has 0 N–H and O–H groups in total. The monoisotopic (exact) mass is 545 g/mol. The Kier molecular flexibility index (Phi) is 7.08. The number of hydrogen-bond donors (Lipinski definition) is 0. The Labute approximate surface area is 209 Å². The van der Waals surface area contributed by atoms with Gasteiger partial charge in [0.15, 0.2) is 17.2 Å². The van der Waals surface area contributed by atoms with E-state index in [9.17, 15) is 4.79 Å². The van der Waals surface area contributed by atoms with Gasteiger partial charge in [0.05, 0.1) is 22.2 Å². The molecule has 0 aromatic heterocycles. The number of carbonyl (C=O) groups excluding carboxylic acids is 1. The highest BCUT2D eigenvalue weighted by Gasteiger charge is 2.26. The molecule has 1 aliphatic rings. The predicted octanol–water partition coefficient (Wildman–Crippen LogP) is 7.00. The van der Waals surface area contributed by atoms with Crippen molar-refractivity contribution in [1.82, 2.24) is 0 Å². The van der Waals surface area contributed by atoms with Crippen LogP contribution in [-0.2, 0) is 16.1 Å². The first kappa shape index (κ1) is 23.4. The van der Waals surface area contributed by atoms with E-state index in [-0.39, 0.29) is 11.6 Å². The number of methoxy groups -OCH3 is 1. The number of ether oxygens (including phenoxy) is 3. The van der Waals surface area contributed by atoms with Crippen molar-refractivity contribution < 1.29 is 19.0 Å². The summed E-state index contributed by atoms with van der Waals surface area (Å²) in [6.45, 7) is 2.43. The third kappa shape index (κ3) is 5.24. The number of aliphatic imine (C=N–C) groups is 1. The zero-order valence-electron chi connectivity index (χ0n) is 17.7. The number of nitrogens with zero attached hydrogens (tertiary/aromatic N) is 1. The summed E-state index contributed by atoms with van der Waals surface area (Å²) in [7, 11) is 1.56. The zero-order chi connectivity index (χ0) is 23.5. The third-order valence-electron chi connectivity index (χ3n) is 4.97. The Balaban J connectivity index is 1.61. The lowest BCUT2D eigenvalue weighted by atomic mass is 10.1. The number of carbonyl (C=O) groups is 1. The number of esters is 1. The van der Waals surface area contributed by atoms with Crippen LogP contribution >= 0.6 is 39.1 Å². The summed E-state index contributed by atoms with van der Waals surface area (Å²) < 4.78 is 17.5. The molecular formula is C25H18BrCl2NO4. The van der Waals surface area contributed by atoms with Crippen LogP contribution in [-0.4, -0.2) is 19.0 Å². The van der Waals surface area contributed by atoms with Gasteiger partial charge in [-0.05, 0) is 76.0 Å². The van der Waals surface area contributed by atoms with E-state index < -0.39 is 5.97 Å². The van der Waals surface area contributed by atoms with Gasteiger partial charge in [0.25, 0.3) is 0 Å². The molecule has 1 heterocycles. The maximum absolute atomic E-state index is 12.4. The number of hydrogen-bond acceptors (Lipinski definition) is 5. The summed E-state index contributed by atoms with van der Waals surface area (Å²) in [4.78, 5) is 16.7. The number of aryl methyl sites for hydroxylation is 1. The second-order valence-corrected chi connectivity index (χ2v) is 8.91. The van der Waals surface area contributed by atoms with Crippen LogP contribution in [0.15, 0.2) is 69.8 Å². The first-order valence-corrected chi connectivity index (χ1v) is 11.4. The Bertz CT molecular complexity index is 1300. The lowest BCUT2D eigenvalue weighted by Gasteiger charge is -2.14. The molecular weight excluding hydrogens is 529 g/mol. The molecule has 0 amide bonds. The molecule has 0 atom stereocenters. The van der Waals surface area contributed by atoms with Crippen LogP contribution in [0.2, 0.25) is 10.0 Å². The van der Waals surface area contributed by atoms with E-state index in [1.54, 1.807) is 37.5 Å². The van der Waals surface area contributed by atoms with E-state index >= 15 is 0 Å². The van der Waals surface area contributed by atoms with Gasteiger partial charge in [-0.2, -0.15) is 0 Å². The number of cyclic esters (lactones) is 1. The second kappa shape index (κ2) is 10.00. The van der Waals surface area contributed by atoms with Crippen molar-refractivity contribution in [2.24, 2.45) is 4.99 Å². The summed E-state index contributed by atoms with van der Waals surface area (Å²) in [6.07, 6.45) is 1.61. The normalized spacial score (nSPS) is 14.3. The third-order valence-corrected chi connectivity index (χ3v) is 6.11. The van der Waals surface area contributed by atoms with E-state index in [2.05, 4.69) is 20.9 Å². The fraction of sp³-hybridized carbons (Fsp3) is 0.120. The molecule has 0 bridgehead atoms. The van der Waals surface area contributed by atoms with E-state index in [4.69, 9.17) is 37.4 Å². The van der Waals surface area contributed by atoms with Gasteiger partial charge in [-0.3, -0.25) is 0 Å². The van der Waals surface area contributed by atoms with Gasteiger partial charge in [-0.1, -0.05) is 47.5 Å². The standard InChI is InChI=1S/C25H18BrCl2NO4/c1-14-5-3-4-6-16(14)13-32-23-19(26)9-15(11-22(23)31-2)10-21-25(30)33-24(29-21)18-8-7-17(27)12-20(18)28/h3-12H,13H2,1-2H3/b21-10-. The molecule has 0 spiro atoms. The topological polar surface area (TPSA) is 57.1 Å². The predicted molar refractivity (Wildman–Crippen MR) is 133 cm³/mol. The van der Waals surface area contributed by atoms with Gasteiger partial charge < -0.3 is 14.2 Å². The van der Waals surface area contributed by atoms with Crippen LogP contribution < -0.4 is 9.47 Å². The molecule has 3 aromatic carbocycles. The largest absolute Gasteiger partial charge is 0.493 e. The van der Waals surface area contributed by atoms with Crippen LogP contribution in [0.4, 0.5) is 0 Å². The fourth-order valence-electron chi connectivity index (χ4n) is 3.23. The van der Waals surface area contributed by atoms with Gasteiger partial charge in [0.1, 0.15) is 6.61 Å². The molecule has 8 heteroatoms. The highest BCUT2D eigenvalue weighted by Crippen LogP contribution is 2.38. The molecule has 0 aliphatic carbocycles. The van der Waals surface area contributed by atoms with Gasteiger partial charge in [-0.15, -0.1) is 0 Å². The molecule has 168 valence electrons. The van der Waals surface area contributed by atoms with Crippen LogP contribution in [0, 0.1) is 6.92 Å². The number of benzene rings is 3. The second-order valence-electron chi connectivity index (χ2n) is 7.21. The molecule has 0 saturated heterocycles. The van der Waals surface area contributed by atoms with Crippen molar-refractivity contribution >= 4 is 57.1 Å². The van der Waals surface area contributed by atoms with Gasteiger partial charge in [0.2, 0.25) is 5.90 Å². The summed E-state index contributed by atoms with van der Waals surface area (Å²) in [5.41, 5.74) is 3.52. The van der Waals surface area contributed by atoms with E-state index in [1.807, 2.05) is 37.3 Å². The highest BCUT2D eigenvalue weighted by atomic mass is 79.9. The lowest BCUT2D eigenvalue weighted by molar-refractivity contribution is -0.129. The van der Waals surface area contributed by atoms with Crippen molar-refractivity contribution in [1.29, 1.82) is 0 Å². The lowest BCUT2D eigenvalue weighted by Crippen LogP contribution is -2.06. The molecule has 5 nitrogen and oxygen atoms in total. The SMILES string of the molecule is COc1cc(/C=C2\N=C(c3ccc(Cl)cc3Cl)OC2=O)cc(Br)c1OCc1ccccc1C. The van der Waals surface area contributed by atoms with Crippen LogP contribution in [0.1, 0.15) is 22.3 Å². The molecule has 1 aliphatic heterocycles. The number of halogens is 3. The van der Waals surface area contributed by atoms with Crippen molar-refractivity contribution in [2.45, 2.75) is 13.5 Å². The first-order chi connectivity index (χ1) is 15.9. The highest BCUT2D eigenvalue weighted by molar-refractivity contribution is 9.10. The molecule has 0 radical (unpaired) electrons. The van der Waals surface area contributed by atoms with Crippen molar-refractivity contribution in [2.75, 3.05) is 7.11 Å². The van der Waals surface area contributed by atoms with Crippen LogP contribution in [0.5, 0.6) is 11.5 Å². The van der Waals surface area contributed by atoms with Crippen LogP contribution in [0.25, 0.3) is 6.08 Å². The summed E-state index contributed by atoms with van der Waals surface area (Å²) >= 11 is 15.7. The number of rotatable bonds is 6. The maximum atomic E-state index is 12.4. The fourth-order valence-corrected chi connectivity index (χ4v) is 4.29. The smallest absolute Gasteiger partial charge is 0.363 e. The molecule has 3 aromatic rings. The Morgan fingerprint density at radius 2 is 1.91 bits per heavy atom.